The highest BCUT2D eigenvalue weighted by molar-refractivity contribution is 7.99. The molecule has 0 bridgehead atoms. The van der Waals surface area contributed by atoms with Crippen LogP contribution in [-0.4, -0.2) is 25.3 Å². The predicted molar refractivity (Wildman–Crippen MR) is 90.5 cm³/mol. The van der Waals surface area contributed by atoms with E-state index in [-0.39, 0.29) is 5.69 Å². The van der Waals surface area contributed by atoms with Crippen LogP contribution in [0.3, 0.4) is 0 Å². The smallest absolute Gasteiger partial charge is 0.269 e. The lowest BCUT2D eigenvalue weighted by atomic mass is 10.1. The first-order chi connectivity index (χ1) is 11.0. The molecule has 118 valence electrons. The highest BCUT2D eigenvalue weighted by Gasteiger charge is 2.10. The van der Waals surface area contributed by atoms with Crippen LogP contribution >= 0.6 is 35.0 Å². The van der Waals surface area contributed by atoms with Crippen LogP contribution in [0, 0.1) is 10.1 Å². The molecule has 0 atom stereocenters. The molecular weight excluding hydrogens is 359 g/mol. The molecule has 0 radical (unpaired) electrons. The average molecular weight is 369 g/mol. The summed E-state index contributed by atoms with van der Waals surface area (Å²) in [6.45, 7) is 0. The van der Waals surface area contributed by atoms with Gasteiger partial charge in [-0.1, -0.05) is 47.1 Å². The number of fused-ring (bicyclic) bond motifs is 1. The molecule has 0 fully saturated rings. The third kappa shape index (κ3) is 3.57. The number of benzene rings is 1. The van der Waals surface area contributed by atoms with Crippen molar-refractivity contribution < 1.29 is 4.92 Å². The van der Waals surface area contributed by atoms with E-state index < -0.39 is 4.92 Å². The van der Waals surface area contributed by atoms with Gasteiger partial charge < -0.3 is 0 Å². The fourth-order valence-corrected chi connectivity index (χ4v) is 3.45. The number of nitro groups is 1. The second kappa shape index (κ2) is 6.74. The van der Waals surface area contributed by atoms with E-state index in [0.29, 0.717) is 20.8 Å². The van der Waals surface area contributed by atoms with Crippen LogP contribution in [0.5, 0.6) is 0 Å². The molecule has 0 saturated carbocycles. The van der Waals surface area contributed by atoms with Gasteiger partial charge in [-0.2, -0.15) is 0 Å². The molecule has 9 heteroatoms. The highest BCUT2D eigenvalue weighted by atomic mass is 35.5. The van der Waals surface area contributed by atoms with Crippen molar-refractivity contribution in [1.82, 2.24) is 14.6 Å². The maximum atomic E-state index is 10.6. The van der Waals surface area contributed by atoms with Crippen LogP contribution < -0.4 is 0 Å². The third-order valence-corrected chi connectivity index (χ3v) is 4.59. The van der Waals surface area contributed by atoms with Gasteiger partial charge in [0.1, 0.15) is 0 Å². The first-order valence-corrected chi connectivity index (χ1v) is 8.34. The van der Waals surface area contributed by atoms with Crippen molar-refractivity contribution in [3.63, 3.8) is 0 Å². The third-order valence-electron chi connectivity index (χ3n) is 3.16. The van der Waals surface area contributed by atoms with Gasteiger partial charge >= 0.3 is 0 Å². The predicted octanol–water partition coefficient (Wildman–Crippen LogP) is 4.28. The number of thioether (sulfide) groups is 1. The van der Waals surface area contributed by atoms with E-state index >= 15 is 0 Å². The molecule has 0 aliphatic heterocycles. The Morgan fingerprint density at radius 1 is 1.22 bits per heavy atom. The number of hydrogen-bond acceptors (Lipinski definition) is 5. The number of nitro benzene ring substituents is 1. The van der Waals surface area contributed by atoms with E-state index in [4.69, 9.17) is 23.2 Å². The number of pyridine rings is 1. The fourth-order valence-electron chi connectivity index (χ4n) is 2.05. The van der Waals surface area contributed by atoms with Crippen LogP contribution in [0.1, 0.15) is 5.56 Å². The molecule has 3 rings (SSSR count). The molecule has 0 spiro atoms. The molecule has 2 aromatic heterocycles. The minimum Gasteiger partial charge on any atom is -0.275 e. The van der Waals surface area contributed by atoms with E-state index in [1.54, 1.807) is 28.8 Å². The van der Waals surface area contributed by atoms with E-state index in [1.807, 2.05) is 0 Å². The number of hydrogen-bond donors (Lipinski definition) is 0. The second-order valence-electron chi connectivity index (χ2n) is 4.70. The van der Waals surface area contributed by atoms with Gasteiger partial charge in [0.15, 0.2) is 10.8 Å². The zero-order chi connectivity index (χ0) is 16.4. The Bertz CT molecular complexity index is 867. The second-order valence-corrected chi connectivity index (χ2v) is 6.61. The van der Waals surface area contributed by atoms with Gasteiger partial charge in [0.25, 0.3) is 5.69 Å². The number of non-ortho nitro benzene ring substituents is 1. The van der Waals surface area contributed by atoms with Crippen LogP contribution in [0.2, 0.25) is 10.0 Å². The number of rotatable bonds is 5. The summed E-state index contributed by atoms with van der Waals surface area (Å²) >= 11 is 13.6. The number of halogens is 2. The topological polar surface area (TPSA) is 73.3 Å². The summed E-state index contributed by atoms with van der Waals surface area (Å²) in [5.41, 5.74) is 1.68. The Labute approximate surface area is 145 Å². The van der Waals surface area contributed by atoms with Gasteiger partial charge in [-0.25, -0.2) is 0 Å². The normalized spacial score (nSPS) is 11.0. The van der Waals surface area contributed by atoms with Gasteiger partial charge in [0, 0.05) is 24.1 Å². The van der Waals surface area contributed by atoms with E-state index in [2.05, 4.69) is 10.2 Å². The van der Waals surface area contributed by atoms with Crippen molar-refractivity contribution in [2.75, 3.05) is 5.75 Å². The summed E-state index contributed by atoms with van der Waals surface area (Å²) < 4.78 is 1.76. The Morgan fingerprint density at radius 2 is 1.96 bits per heavy atom. The largest absolute Gasteiger partial charge is 0.275 e. The van der Waals surface area contributed by atoms with Crippen molar-refractivity contribution >= 4 is 46.3 Å². The molecule has 23 heavy (non-hydrogen) atoms. The minimum absolute atomic E-state index is 0.0918. The summed E-state index contributed by atoms with van der Waals surface area (Å²) in [4.78, 5) is 10.2. The maximum absolute atomic E-state index is 10.6. The number of aromatic nitrogens is 3. The summed E-state index contributed by atoms with van der Waals surface area (Å²) in [6.07, 6.45) is 2.48. The van der Waals surface area contributed by atoms with Crippen molar-refractivity contribution in [3.05, 3.63) is 62.3 Å². The lowest BCUT2D eigenvalue weighted by Gasteiger charge is -2.02. The number of nitrogens with zero attached hydrogens (tertiary/aromatic N) is 4. The lowest BCUT2D eigenvalue weighted by molar-refractivity contribution is -0.384. The molecule has 0 unspecified atom stereocenters. The summed E-state index contributed by atoms with van der Waals surface area (Å²) in [5.74, 6) is 0.753. The van der Waals surface area contributed by atoms with E-state index in [9.17, 15) is 10.1 Å². The van der Waals surface area contributed by atoms with Crippen LogP contribution in [-0.2, 0) is 6.42 Å². The van der Waals surface area contributed by atoms with Crippen LogP contribution in [0.25, 0.3) is 5.65 Å². The Balaban J connectivity index is 1.68. The summed E-state index contributed by atoms with van der Waals surface area (Å²) in [7, 11) is 0. The van der Waals surface area contributed by atoms with Crippen molar-refractivity contribution in [2.45, 2.75) is 11.6 Å². The molecule has 0 amide bonds. The quantitative estimate of drug-likeness (QED) is 0.381. The van der Waals surface area contributed by atoms with Gasteiger partial charge in [0.05, 0.1) is 15.0 Å². The monoisotopic (exact) mass is 368 g/mol. The Morgan fingerprint density at radius 3 is 2.65 bits per heavy atom. The summed E-state index contributed by atoms with van der Waals surface area (Å²) in [5, 5.41) is 20.4. The summed E-state index contributed by atoms with van der Waals surface area (Å²) in [6, 6.07) is 8.15. The van der Waals surface area contributed by atoms with Gasteiger partial charge in [-0.05, 0) is 18.1 Å². The fraction of sp³-hybridized carbons (Fsp3) is 0.143. The first-order valence-electron chi connectivity index (χ1n) is 6.60. The van der Waals surface area contributed by atoms with Crippen LogP contribution in [0.15, 0.2) is 41.7 Å². The lowest BCUT2D eigenvalue weighted by Crippen LogP contribution is -1.93. The standard InChI is InChI=1S/C14H10Cl2N4O2S/c15-10-7-12(16)13-17-18-14(19(13)8-10)23-6-5-9-1-3-11(4-2-9)20(21)22/h1-4,7-8H,5-6H2. The molecule has 3 aromatic rings. The van der Waals surface area contributed by atoms with Crippen LogP contribution in [0.4, 0.5) is 5.69 Å². The molecule has 0 N–H and O–H groups in total. The average Bonchev–Trinajstić information content (AvgIpc) is 2.91. The minimum atomic E-state index is -0.408. The number of aryl methyl sites for hydroxylation is 1. The van der Waals surface area contributed by atoms with Crippen molar-refractivity contribution in [1.29, 1.82) is 0 Å². The Kier molecular flexibility index (Phi) is 4.70. The van der Waals surface area contributed by atoms with Gasteiger partial charge in [-0.15, -0.1) is 10.2 Å². The molecule has 6 nitrogen and oxygen atoms in total. The maximum Gasteiger partial charge on any atom is 0.269 e. The zero-order valence-corrected chi connectivity index (χ0v) is 14.0. The molecule has 0 saturated heterocycles. The van der Waals surface area contributed by atoms with Crippen molar-refractivity contribution in [2.24, 2.45) is 0 Å². The highest BCUT2D eigenvalue weighted by Crippen LogP contribution is 2.25. The molecular formula is C14H10Cl2N4O2S. The van der Waals surface area contributed by atoms with E-state index in [1.165, 1.54) is 23.9 Å². The first kappa shape index (κ1) is 16.0. The molecule has 1 aromatic carbocycles. The molecule has 2 heterocycles. The van der Waals surface area contributed by atoms with Gasteiger partial charge in [0.2, 0.25) is 0 Å². The molecule has 0 aliphatic carbocycles. The molecule has 0 aliphatic rings. The SMILES string of the molecule is O=[N+]([O-])c1ccc(CCSc2nnc3c(Cl)cc(Cl)cn23)cc1. The van der Waals surface area contributed by atoms with E-state index in [0.717, 1.165) is 17.7 Å². The Hall–Kier alpha value is -1.83. The van der Waals surface area contributed by atoms with Gasteiger partial charge in [-0.3, -0.25) is 14.5 Å². The van der Waals surface area contributed by atoms with Crippen molar-refractivity contribution in [3.8, 4) is 0 Å². The zero-order valence-electron chi connectivity index (χ0n) is 11.6.